The maximum Gasteiger partial charge on any atom is 0.0547 e. The van der Waals surface area contributed by atoms with E-state index in [1.165, 1.54) is 146 Å². The van der Waals surface area contributed by atoms with E-state index < -0.39 is 0 Å². The van der Waals surface area contributed by atoms with E-state index in [9.17, 15) is 0 Å². The van der Waals surface area contributed by atoms with Crippen molar-refractivity contribution in [2.75, 3.05) is 0 Å². The second-order valence-corrected chi connectivity index (χ2v) is 22.7. The van der Waals surface area contributed by atoms with E-state index in [1.54, 1.807) is 11.1 Å². The van der Waals surface area contributed by atoms with Crippen molar-refractivity contribution in [2.24, 2.45) is 29.1 Å². The Kier molecular flexibility index (Phi) is 7.26. The van der Waals surface area contributed by atoms with Crippen LogP contribution in [-0.4, -0.2) is 4.57 Å². The Hall–Kier alpha value is -7.26. The van der Waals surface area contributed by atoms with Crippen molar-refractivity contribution in [1.82, 2.24) is 4.57 Å². The maximum atomic E-state index is 2.67. The van der Waals surface area contributed by atoms with Gasteiger partial charge in [-0.25, -0.2) is 0 Å². The van der Waals surface area contributed by atoms with Gasteiger partial charge in [-0.15, -0.1) is 11.3 Å². The molecular weight excluding hydrogens is 851 g/mol. The zero-order valence-electron chi connectivity index (χ0n) is 38.3. The van der Waals surface area contributed by atoms with E-state index in [0.29, 0.717) is 5.41 Å². The number of fused-ring (bicyclic) bond motifs is 17. The van der Waals surface area contributed by atoms with Crippen LogP contribution in [-0.2, 0) is 5.41 Å². The lowest BCUT2D eigenvalue weighted by Crippen LogP contribution is -2.50. The third-order valence-corrected chi connectivity index (χ3v) is 20.0. The van der Waals surface area contributed by atoms with Crippen molar-refractivity contribution in [1.29, 1.82) is 0 Å². The van der Waals surface area contributed by atoms with Crippen molar-refractivity contribution in [3.8, 4) is 50.2 Å². The van der Waals surface area contributed by atoms with Gasteiger partial charge in [-0.05, 0) is 193 Å². The summed E-state index contributed by atoms with van der Waals surface area (Å²) in [6.07, 6.45) is 7.27. The molecule has 0 aliphatic heterocycles. The van der Waals surface area contributed by atoms with E-state index in [4.69, 9.17) is 0 Å². The predicted octanol–water partition coefficient (Wildman–Crippen LogP) is 18.2. The van der Waals surface area contributed by atoms with Crippen LogP contribution < -0.4 is 0 Å². The quantitative estimate of drug-likeness (QED) is 0.155. The van der Waals surface area contributed by atoms with E-state index in [2.05, 4.69) is 205 Å². The smallest absolute Gasteiger partial charge is 0.0547 e. The summed E-state index contributed by atoms with van der Waals surface area (Å²) in [5.41, 5.74) is 18.4. The topological polar surface area (TPSA) is 4.93 Å². The minimum absolute atomic E-state index is 0.159. The van der Waals surface area contributed by atoms with Crippen molar-refractivity contribution < 1.29 is 0 Å². The highest BCUT2D eigenvalue weighted by Crippen LogP contribution is 2.83. The van der Waals surface area contributed by atoms with Crippen LogP contribution in [0.15, 0.2) is 200 Å². The fraction of sp³-hybridized carbons (Fsp3) is 0.164. The number of hydrogen-bond acceptors (Lipinski definition) is 1. The Morgan fingerprint density at radius 1 is 0.391 bits per heavy atom. The molecule has 2 aromatic heterocycles. The van der Waals surface area contributed by atoms with E-state index >= 15 is 0 Å². The van der Waals surface area contributed by atoms with Gasteiger partial charge in [0.05, 0.1) is 11.0 Å². The number of benzene rings is 10. The molecule has 2 heterocycles. The van der Waals surface area contributed by atoms with Crippen LogP contribution in [0.2, 0.25) is 0 Å². The first-order chi connectivity index (χ1) is 34.1. The molecule has 5 aliphatic rings. The Morgan fingerprint density at radius 2 is 1.00 bits per heavy atom. The fourth-order valence-corrected chi connectivity index (χ4v) is 17.6. The lowest BCUT2D eigenvalue weighted by atomic mass is 9.49. The van der Waals surface area contributed by atoms with Crippen molar-refractivity contribution in [2.45, 2.75) is 37.5 Å². The van der Waals surface area contributed by atoms with Gasteiger partial charge in [-0.2, -0.15) is 0 Å². The van der Waals surface area contributed by atoms with Gasteiger partial charge in [0.15, 0.2) is 0 Å². The molecule has 6 unspecified atom stereocenters. The van der Waals surface area contributed by atoms with Crippen LogP contribution >= 0.6 is 11.3 Å². The number of thiophene rings is 1. The number of aromatic nitrogens is 1. The zero-order chi connectivity index (χ0) is 44.7. The number of para-hydroxylation sites is 1. The van der Waals surface area contributed by atoms with Crippen molar-refractivity contribution in [3.63, 3.8) is 0 Å². The summed E-state index contributed by atoms with van der Waals surface area (Å²) in [6, 6.07) is 76.9. The second-order valence-electron chi connectivity index (χ2n) is 21.6. The minimum atomic E-state index is 0.159. The van der Waals surface area contributed by atoms with Crippen LogP contribution in [0.5, 0.6) is 0 Å². The zero-order valence-corrected chi connectivity index (χ0v) is 39.1. The first-order valence-corrected chi connectivity index (χ1v) is 26.2. The summed E-state index contributed by atoms with van der Waals surface area (Å²) >= 11 is 1.88. The van der Waals surface area contributed by atoms with Crippen molar-refractivity contribution in [3.05, 3.63) is 211 Å². The summed E-state index contributed by atoms with van der Waals surface area (Å²) in [5.74, 6) is 3.43. The third-order valence-electron chi connectivity index (χ3n) is 18.9. The van der Waals surface area contributed by atoms with Gasteiger partial charge < -0.3 is 4.57 Å². The number of rotatable bonds is 4. The normalized spacial score (nSPS) is 23.8. The molecule has 2 heteroatoms. The van der Waals surface area contributed by atoms with Gasteiger partial charge in [-0.3, -0.25) is 0 Å². The van der Waals surface area contributed by atoms with Crippen LogP contribution in [0.25, 0.3) is 114 Å². The first-order valence-electron chi connectivity index (χ1n) is 25.4. The fourth-order valence-electron chi connectivity index (χ4n) is 16.5. The summed E-state index contributed by atoms with van der Waals surface area (Å²) < 4.78 is 5.18. The molecule has 4 saturated carbocycles. The molecule has 0 amide bonds. The number of nitrogens with zero attached hydrogens (tertiary/aromatic N) is 1. The minimum Gasteiger partial charge on any atom is -0.309 e. The van der Waals surface area contributed by atoms with Gasteiger partial charge in [0.25, 0.3) is 0 Å². The average Bonchev–Trinajstić information content (AvgIpc) is 4.12. The molecule has 326 valence electrons. The molecule has 1 nitrogen and oxygen atoms in total. The molecule has 0 N–H and O–H groups in total. The lowest BCUT2D eigenvalue weighted by Gasteiger charge is -2.54. The van der Waals surface area contributed by atoms with Crippen LogP contribution in [0, 0.1) is 29.1 Å². The van der Waals surface area contributed by atoms with Crippen LogP contribution in [0.3, 0.4) is 0 Å². The highest BCUT2D eigenvalue weighted by atomic mass is 32.1. The largest absolute Gasteiger partial charge is 0.309 e. The summed E-state index contributed by atoms with van der Waals surface area (Å²) in [6.45, 7) is 0. The predicted molar refractivity (Wildman–Crippen MR) is 291 cm³/mol. The third kappa shape index (κ3) is 4.72. The highest BCUT2D eigenvalue weighted by molar-refractivity contribution is 7.25. The Labute approximate surface area is 405 Å². The summed E-state index contributed by atoms with van der Waals surface area (Å²) in [4.78, 5) is 0. The molecule has 5 aliphatic carbocycles. The van der Waals surface area contributed by atoms with Crippen LogP contribution in [0.1, 0.15) is 43.2 Å². The Balaban J connectivity index is 0.855. The molecule has 4 fully saturated rings. The van der Waals surface area contributed by atoms with E-state index in [1.807, 2.05) is 11.3 Å². The van der Waals surface area contributed by atoms with E-state index in [0.717, 1.165) is 23.7 Å². The molecule has 3 bridgehead atoms. The Bertz CT molecular complexity index is 4170. The van der Waals surface area contributed by atoms with Gasteiger partial charge in [0.1, 0.15) is 0 Å². The van der Waals surface area contributed by atoms with Gasteiger partial charge in [0.2, 0.25) is 0 Å². The lowest BCUT2D eigenvalue weighted by molar-refractivity contribution is -0.0193. The van der Waals surface area contributed by atoms with Gasteiger partial charge in [0, 0.05) is 42.0 Å². The first kappa shape index (κ1) is 37.7. The number of hydrogen-bond donors (Lipinski definition) is 0. The van der Waals surface area contributed by atoms with Crippen LogP contribution in [0.4, 0.5) is 0 Å². The molecule has 0 saturated heterocycles. The molecule has 17 rings (SSSR count). The maximum absolute atomic E-state index is 2.67. The Morgan fingerprint density at radius 3 is 1.80 bits per heavy atom. The van der Waals surface area contributed by atoms with Crippen molar-refractivity contribution >= 4 is 74.9 Å². The second kappa shape index (κ2) is 13.3. The molecule has 0 radical (unpaired) electrons. The molecule has 2 spiro atoms. The SMILES string of the molecule is c1ccc(-n2c3ccc(-c4c5ccccc5c(-c5ccc6sc7ccccc7c6c5)c5ccccc45)cc3c3ccc(-c4ccc5c(c4)C4(c6ccccc6-5)C5CC6CC7CC4C7(C6)C5)cc32)cc1. The van der Waals surface area contributed by atoms with Gasteiger partial charge in [-0.1, -0.05) is 146 Å². The molecule has 12 aromatic rings. The molecule has 6 atom stereocenters. The van der Waals surface area contributed by atoms with Gasteiger partial charge >= 0.3 is 0 Å². The molecular formula is C67H47NS. The molecule has 69 heavy (non-hydrogen) atoms. The highest BCUT2D eigenvalue weighted by Gasteiger charge is 2.76. The van der Waals surface area contributed by atoms with E-state index in [-0.39, 0.29) is 5.41 Å². The summed E-state index contributed by atoms with van der Waals surface area (Å²) in [7, 11) is 0. The monoisotopic (exact) mass is 897 g/mol. The average molecular weight is 898 g/mol. The standard InChI is InChI=1S/C67H47NS/c1-2-12-46(13-3-1)68-59-28-24-42(64-51-16-4-6-18-53(51)65(54-19-7-5-17-52(54)64)43-25-29-62-56(33-43)50-15-9-11-21-61(50)69-62)32-55(59)49-27-23-41(35-60(49)68)40-22-26-48-47-14-8-10-20-57(47)67(58(48)34-40)45-31-39-30-44-36-63(67)66(44,37-39)38-45/h1-29,32-35,39,44-45,63H,30-31,36-38H2. The molecule has 10 aromatic carbocycles. The summed E-state index contributed by atoms with van der Waals surface area (Å²) in [5, 5.41) is 10.4.